The summed E-state index contributed by atoms with van der Waals surface area (Å²) in [4.78, 5) is 18.5. The Balaban J connectivity index is 2.98. The van der Waals surface area contributed by atoms with Gasteiger partial charge in [-0.05, 0) is 6.92 Å². The van der Waals surface area contributed by atoms with Gasteiger partial charge in [0.25, 0.3) is 0 Å². The Labute approximate surface area is 69.9 Å². The highest BCUT2D eigenvalue weighted by atomic mass is 16.1. The summed E-state index contributed by atoms with van der Waals surface area (Å²) in [5.74, 6) is -0.989. The minimum absolute atomic E-state index is 0.210. The first-order chi connectivity index (χ1) is 5.75. The van der Waals surface area contributed by atoms with Crippen molar-refractivity contribution in [2.45, 2.75) is 12.8 Å². The summed E-state index contributed by atoms with van der Waals surface area (Å²) in [7, 11) is 0. The molecule has 0 spiro atoms. The number of aromatic nitrogens is 2. The number of rotatable bonds is 2. The van der Waals surface area contributed by atoms with E-state index in [0.29, 0.717) is 5.69 Å². The van der Waals surface area contributed by atoms with Crippen LogP contribution in [0.3, 0.4) is 0 Å². The fourth-order valence-corrected chi connectivity index (χ4v) is 0.825. The SMILES string of the molecule is CC(=O)C(C#N)c1cnccn1. The summed E-state index contributed by atoms with van der Waals surface area (Å²) >= 11 is 0. The molecule has 1 rings (SSSR count). The fourth-order valence-electron chi connectivity index (χ4n) is 0.825. The lowest BCUT2D eigenvalue weighted by atomic mass is 10.0. The van der Waals surface area contributed by atoms with Gasteiger partial charge in [-0.3, -0.25) is 14.8 Å². The van der Waals surface area contributed by atoms with Crippen LogP contribution in [-0.2, 0) is 4.79 Å². The van der Waals surface area contributed by atoms with Gasteiger partial charge in [-0.2, -0.15) is 5.26 Å². The number of Topliss-reactive ketones (excluding diaryl/α,β-unsaturated/α-hetero) is 1. The smallest absolute Gasteiger partial charge is 0.153 e. The molecule has 60 valence electrons. The number of nitriles is 1. The molecule has 1 aromatic heterocycles. The molecule has 1 unspecified atom stereocenters. The van der Waals surface area contributed by atoms with Crippen LogP contribution < -0.4 is 0 Å². The molecule has 0 N–H and O–H groups in total. The number of carbonyl (C=O) groups is 1. The summed E-state index contributed by atoms with van der Waals surface area (Å²) in [6, 6.07) is 1.87. The maximum absolute atomic E-state index is 10.9. The summed E-state index contributed by atoms with van der Waals surface area (Å²) in [6.45, 7) is 1.36. The Morgan fingerprint density at radius 1 is 1.67 bits per heavy atom. The normalized spacial score (nSPS) is 11.7. The highest BCUT2D eigenvalue weighted by Gasteiger charge is 2.16. The summed E-state index contributed by atoms with van der Waals surface area (Å²) in [6.07, 6.45) is 4.38. The molecule has 0 aromatic carbocycles. The van der Waals surface area contributed by atoms with E-state index in [0.717, 1.165) is 0 Å². The number of carbonyl (C=O) groups excluding carboxylic acids is 1. The van der Waals surface area contributed by atoms with Gasteiger partial charge in [0.1, 0.15) is 5.92 Å². The molecule has 0 saturated carbocycles. The Morgan fingerprint density at radius 2 is 2.42 bits per heavy atom. The first kappa shape index (κ1) is 8.34. The van der Waals surface area contributed by atoms with Gasteiger partial charge in [-0.25, -0.2) is 0 Å². The van der Waals surface area contributed by atoms with Gasteiger partial charge in [0, 0.05) is 12.4 Å². The highest BCUT2D eigenvalue weighted by molar-refractivity contribution is 5.85. The molecule has 12 heavy (non-hydrogen) atoms. The van der Waals surface area contributed by atoms with E-state index < -0.39 is 5.92 Å². The molecular formula is C8H7N3O. The third-order valence-electron chi connectivity index (χ3n) is 1.41. The Morgan fingerprint density at radius 3 is 2.83 bits per heavy atom. The third kappa shape index (κ3) is 1.64. The van der Waals surface area contributed by atoms with Crippen LogP contribution in [0.2, 0.25) is 0 Å². The lowest BCUT2D eigenvalue weighted by molar-refractivity contribution is -0.117. The molecule has 1 aromatic rings. The predicted octanol–water partition coefficient (Wildman–Crippen LogP) is 0.673. The molecule has 0 radical (unpaired) electrons. The van der Waals surface area contributed by atoms with Crippen LogP contribution in [0, 0.1) is 11.3 Å². The largest absolute Gasteiger partial charge is 0.298 e. The first-order valence-corrected chi connectivity index (χ1v) is 3.41. The Kier molecular flexibility index (Phi) is 2.49. The van der Waals surface area contributed by atoms with Crippen molar-refractivity contribution in [3.63, 3.8) is 0 Å². The zero-order valence-electron chi connectivity index (χ0n) is 6.56. The number of hydrogen-bond donors (Lipinski definition) is 0. The lowest BCUT2D eigenvalue weighted by Gasteiger charge is -2.01. The van der Waals surface area contributed by atoms with Gasteiger partial charge in [-0.1, -0.05) is 0 Å². The van der Waals surface area contributed by atoms with E-state index in [1.54, 1.807) is 0 Å². The van der Waals surface area contributed by atoms with E-state index in [1.807, 2.05) is 6.07 Å². The highest BCUT2D eigenvalue weighted by Crippen LogP contribution is 2.10. The van der Waals surface area contributed by atoms with Crippen molar-refractivity contribution in [1.82, 2.24) is 9.97 Å². The molecule has 0 aliphatic heterocycles. The molecule has 1 atom stereocenters. The molecule has 0 bridgehead atoms. The Hall–Kier alpha value is -1.76. The van der Waals surface area contributed by atoms with Gasteiger partial charge in [0.15, 0.2) is 5.78 Å². The molecule has 0 aliphatic carbocycles. The minimum Gasteiger partial charge on any atom is -0.298 e. The molecule has 4 nitrogen and oxygen atoms in total. The second kappa shape index (κ2) is 3.58. The monoisotopic (exact) mass is 161 g/mol. The molecule has 0 aliphatic rings. The van der Waals surface area contributed by atoms with Gasteiger partial charge in [0.2, 0.25) is 0 Å². The van der Waals surface area contributed by atoms with E-state index in [9.17, 15) is 4.79 Å². The average molecular weight is 161 g/mol. The van der Waals surface area contributed by atoms with Crippen LogP contribution in [0.15, 0.2) is 18.6 Å². The average Bonchev–Trinajstić information content (AvgIpc) is 2.07. The zero-order valence-corrected chi connectivity index (χ0v) is 6.56. The van der Waals surface area contributed by atoms with E-state index in [2.05, 4.69) is 9.97 Å². The van der Waals surface area contributed by atoms with Crippen molar-refractivity contribution in [1.29, 1.82) is 5.26 Å². The molecular weight excluding hydrogens is 154 g/mol. The van der Waals surface area contributed by atoms with Crippen molar-refractivity contribution in [2.24, 2.45) is 0 Å². The fraction of sp³-hybridized carbons (Fsp3) is 0.250. The molecule has 0 amide bonds. The van der Waals surface area contributed by atoms with Gasteiger partial charge < -0.3 is 0 Å². The first-order valence-electron chi connectivity index (χ1n) is 3.41. The molecule has 1 heterocycles. The number of hydrogen-bond acceptors (Lipinski definition) is 4. The topological polar surface area (TPSA) is 66.6 Å². The van der Waals surface area contributed by atoms with Crippen molar-refractivity contribution in [3.05, 3.63) is 24.3 Å². The zero-order chi connectivity index (χ0) is 8.97. The quantitative estimate of drug-likeness (QED) is 0.639. The summed E-state index contributed by atoms with van der Waals surface area (Å²) < 4.78 is 0. The third-order valence-corrected chi connectivity index (χ3v) is 1.41. The lowest BCUT2D eigenvalue weighted by Crippen LogP contribution is -2.08. The van der Waals surface area contributed by atoms with Crippen molar-refractivity contribution in [3.8, 4) is 6.07 Å². The maximum Gasteiger partial charge on any atom is 0.153 e. The van der Waals surface area contributed by atoms with Crippen LogP contribution in [0.5, 0.6) is 0 Å². The second-order valence-electron chi connectivity index (χ2n) is 2.30. The van der Waals surface area contributed by atoms with Crippen LogP contribution in [0.1, 0.15) is 18.5 Å². The Bertz CT molecular complexity index is 315. The van der Waals surface area contributed by atoms with Crippen LogP contribution in [0.4, 0.5) is 0 Å². The molecule has 4 heteroatoms. The molecule has 0 fully saturated rings. The predicted molar refractivity (Wildman–Crippen MR) is 41.1 cm³/mol. The van der Waals surface area contributed by atoms with Crippen molar-refractivity contribution >= 4 is 5.78 Å². The second-order valence-corrected chi connectivity index (χ2v) is 2.30. The van der Waals surface area contributed by atoms with E-state index >= 15 is 0 Å². The van der Waals surface area contributed by atoms with Crippen LogP contribution in [0.25, 0.3) is 0 Å². The van der Waals surface area contributed by atoms with Gasteiger partial charge >= 0.3 is 0 Å². The van der Waals surface area contributed by atoms with E-state index in [-0.39, 0.29) is 5.78 Å². The number of ketones is 1. The molecule has 0 saturated heterocycles. The minimum atomic E-state index is -0.779. The van der Waals surface area contributed by atoms with Crippen LogP contribution in [-0.4, -0.2) is 15.8 Å². The van der Waals surface area contributed by atoms with Gasteiger partial charge in [0.05, 0.1) is 18.0 Å². The van der Waals surface area contributed by atoms with Crippen molar-refractivity contribution in [2.75, 3.05) is 0 Å². The van der Waals surface area contributed by atoms with Gasteiger partial charge in [-0.15, -0.1) is 0 Å². The number of nitrogens with zero attached hydrogens (tertiary/aromatic N) is 3. The maximum atomic E-state index is 10.9. The van der Waals surface area contributed by atoms with E-state index in [1.165, 1.54) is 25.5 Å². The summed E-state index contributed by atoms with van der Waals surface area (Å²) in [5.41, 5.74) is 0.410. The summed E-state index contributed by atoms with van der Waals surface area (Å²) in [5, 5.41) is 8.61. The van der Waals surface area contributed by atoms with Crippen molar-refractivity contribution < 1.29 is 4.79 Å². The van der Waals surface area contributed by atoms with E-state index in [4.69, 9.17) is 5.26 Å². The standard InChI is InChI=1S/C8H7N3O/c1-6(12)7(4-9)8-5-10-2-3-11-8/h2-3,5,7H,1H3. The van der Waals surface area contributed by atoms with Crippen LogP contribution >= 0.6 is 0 Å².